The number of hydrogen-bond donors (Lipinski definition) is 0. The zero-order chi connectivity index (χ0) is 23.1. The van der Waals surface area contributed by atoms with Gasteiger partial charge in [0.2, 0.25) is 0 Å². The molecule has 0 spiro atoms. The topological polar surface area (TPSA) is 44.8 Å². The van der Waals surface area contributed by atoms with Crippen LogP contribution in [0.5, 0.6) is 0 Å². The summed E-state index contributed by atoms with van der Waals surface area (Å²) in [4.78, 5) is 11.9. The molecule has 0 aromatic rings. The summed E-state index contributed by atoms with van der Waals surface area (Å²) in [6, 6.07) is 0. The first-order valence-electron chi connectivity index (χ1n) is 11.8. The molecule has 172 valence electrons. The first-order valence-corrected chi connectivity index (χ1v) is 11.8. The lowest BCUT2D eigenvalue weighted by molar-refractivity contribution is -0.136. The van der Waals surface area contributed by atoms with Gasteiger partial charge in [0.05, 0.1) is 18.3 Å². The van der Waals surface area contributed by atoms with E-state index in [9.17, 15) is 4.79 Å². The molecule has 0 aromatic heterocycles. The smallest absolute Gasteiger partial charge is 0.457 e. The molecular weight excluding hydrogens is 363 g/mol. The van der Waals surface area contributed by atoms with Crippen LogP contribution in [0.3, 0.4) is 0 Å². The number of methoxy groups -OCH3 is 1. The Labute approximate surface area is 182 Å². The van der Waals surface area contributed by atoms with E-state index in [1.807, 2.05) is 34.6 Å². The molecule has 1 rings (SSSR count). The van der Waals surface area contributed by atoms with Crippen LogP contribution in [0, 0.1) is 0 Å². The van der Waals surface area contributed by atoms with E-state index in [1.54, 1.807) is 0 Å². The monoisotopic (exact) mass is 412 g/mol. The van der Waals surface area contributed by atoms with Crippen molar-refractivity contribution in [2.24, 2.45) is 0 Å². The molecule has 1 aliphatic rings. The van der Waals surface area contributed by atoms with E-state index >= 15 is 0 Å². The highest BCUT2D eigenvalue weighted by atomic mass is 16.7. The number of carbonyl (C=O) groups is 1. The first kappa shape index (κ1) is 30.4. The van der Waals surface area contributed by atoms with E-state index in [0.717, 1.165) is 37.6 Å². The Morgan fingerprint density at radius 1 is 0.862 bits per heavy atom. The number of carbonyl (C=O) groups excluding carboxylic acids is 1. The standard InChI is InChI=1S/C20H37BO4.2C2H6/c1-8-9-10-11-13-17(16(2)18(22)23-7)14-12-15-21-24-19(3,4)20(5,6)25-21;2*1-2/h8-15H2,1-7H3;2*1-2H3/b17-16-;;. The Morgan fingerprint density at radius 2 is 1.34 bits per heavy atom. The van der Waals surface area contributed by atoms with E-state index in [4.69, 9.17) is 14.0 Å². The SMILES string of the molecule is CC.CC.CCCCCC/C(CCCB1OC(C)(C)C(C)(C)O1)=C(\C)C(=O)OC. The number of allylic oxidation sites excluding steroid dienone is 1. The summed E-state index contributed by atoms with van der Waals surface area (Å²) in [5.41, 5.74) is 1.43. The van der Waals surface area contributed by atoms with Gasteiger partial charge in [0, 0.05) is 5.57 Å². The molecule has 1 fully saturated rings. The summed E-state index contributed by atoms with van der Waals surface area (Å²) in [6.07, 6.45) is 8.49. The van der Waals surface area contributed by atoms with Crippen LogP contribution >= 0.6 is 0 Å². The van der Waals surface area contributed by atoms with Crippen molar-refractivity contribution in [1.29, 1.82) is 0 Å². The lowest BCUT2D eigenvalue weighted by Gasteiger charge is -2.32. The average Bonchev–Trinajstić information content (AvgIpc) is 2.92. The van der Waals surface area contributed by atoms with Gasteiger partial charge < -0.3 is 14.0 Å². The van der Waals surface area contributed by atoms with Crippen LogP contribution in [0.2, 0.25) is 6.32 Å². The second-order valence-corrected chi connectivity index (χ2v) is 8.11. The fraction of sp³-hybridized carbons (Fsp3) is 0.875. The van der Waals surface area contributed by atoms with E-state index in [1.165, 1.54) is 31.9 Å². The average molecular weight is 412 g/mol. The van der Waals surface area contributed by atoms with Crippen molar-refractivity contribution in [1.82, 2.24) is 0 Å². The molecule has 0 aromatic carbocycles. The summed E-state index contributed by atoms with van der Waals surface area (Å²) >= 11 is 0. The van der Waals surface area contributed by atoms with Crippen LogP contribution in [0.1, 0.15) is 114 Å². The van der Waals surface area contributed by atoms with Crippen molar-refractivity contribution in [3.63, 3.8) is 0 Å². The van der Waals surface area contributed by atoms with E-state index in [-0.39, 0.29) is 24.3 Å². The fourth-order valence-corrected chi connectivity index (χ4v) is 3.13. The van der Waals surface area contributed by atoms with Crippen LogP contribution in [0.4, 0.5) is 0 Å². The molecular formula is C24H49BO4. The summed E-state index contributed by atoms with van der Waals surface area (Å²) < 4.78 is 17.0. The Kier molecular flexibility index (Phi) is 16.7. The summed E-state index contributed by atoms with van der Waals surface area (Å²) in [6.45, 7) is 20.4. The van der Waals surface area contributed by atoms with Gasteiger partial charge in [-0.15, -0.1) is 0 Å². The van der Waals surface area contributed by atoms with Gasteiger partial charge in [0.1, 0.15) is 0 Å². The third-order valence-electron chi connectivity index (χ3n) is 5.57. The van der Waals surface area contributed by atoms with Crippen LogP contribution < -0.4 is 0 Å². The maximum Gasteiger partial charge on any atom is 0.457 e. The van der Waals surface area contributed by atoms with Crippen molar-refractivity contribution >= 4 is 13.1 Å². The van der Waals surface area contributed by atoms with Crippen LogP contribution in [0.25, 0.3) is 0 Å². The molecule has 0 radical (unpaired) electrons. The van der Waals surface area contributed by atoms with Crippen LogP contribution in [-0.2, 0) is 18.8 Å². The predicted octanol–water partition coefficient (Wildman–Crippen LogP) is 7.37. The van der Waals surface area contributed by atoms with Crippen molar-refractivity contribution < 1.29 is 18.8 Å². The van der Waals surface area contributed by atoms with Gasteiger partial charge in [-0.1, -0.05) is 65.9 Å². The molecule has 1 heterocycles. The highest BCUT2D eigenvalue weighted by Gasteiger charge is 2.50. The van der Waals surface area contributed by atoms with E-state index in [0.29, 0.717) is 0 Å². The molecule has 0 unspecified atom stereocenters. The van der Waals surface area contributed by atoms with Gasteiger partial charge in [0.15, 0.2) is 0 Å². The number of hydrogen-bond acceptors (Lipinski definition) is 4. The summed E-state index contributed by atoms with van der Waals surface area (Å²) in [5.74, 6) is -0.207. The summed E-state index contributed by atoms with van der Waals surface area (Å²) in [7, 11) is 1.29. The Balaban J connectivity index is 0. The zero-order valence-corrected chi connectivity index (χ0v) is 21.4. The second kappa shape index (κ2) is 16.0. The minimum Gasteiger partial charge on any atom is -0.466 e. The molecule has 0 aliphatic carbocycles. The van der Waals surface area contributed by atoms with Crippen molar-refractivity contribution in [2.45, 2.75) is 132 Å². The molecule has 0 amide bonds. The number of unbranched alkanes of at least 4 members (excludes halogenated alkanes) is 3. The predicted molar refractivity (Wildman–Crippen MR) is 126 cm³/mol. The largest absolute Gasteiger partial charge is 0.466 e. The van der Waals surface area contributed by atoms with Gasteiger partial charge in [-0.2, -0.15) is 0 Å². The summed E-state index contributed by atoms with van der Waals surface area (Å²) in [5, 5.41) is 0. The Bertz CT molecular complexity index is 454. The highest BCUT2D eigenvalue weighted by molar-refractivity contribution is 6.45. The molecule has 0 saturated carbocycles. The Hall–Kier alpha value is -0.805. The quantitative estimate of drug-likeness (QED) is 0.163. The van der Waals surface area contributed by atoms with Gasteiger partial charge in [-0.05, 0) is 60.2 Å². The zero-order valence-electron chi connectivity index (χ0n) is 21.4. The maximum atomic E-state index is 11.9. The van der Waals surface area contributed by atoms with Crippen LogP contribution in [-0.4, -0.2) is 31.4 Å². The van der Waals surface area contributed by atoms with E-state index < -0.39 is 0 Å². The normalized spacial score (nSPS) is 17.4. The molecule has 0 bridgehead atoms. The lowest BCUT2D eigenvalue weighted by atomic mass is 9.81. The molecule has 1 saturated heterocycles. The third kappa shape index (κ3) is 10.7. The molecule has 0 atom stereocenters. The molecule has 29 heavy (non-hydrogen) atoms. The molecule has 0 N–H and O–H groups in total. The lowest BCUT2D eigenvalue weighted by Crippen LogP contribution is -2.41. The minimum absolute atomic E-state index is 0.162. The highest BCUT2D eigenvalue weighted by Crippen LogP contribution is 2.38. The number of ether oxygens (including phenoxy) is 1. The maximum absolute atomic E-state index is 11.9. The molecule has 1 aliphatic heterocycles. The van der Waals surface area contributed by atoms with Gasteiger partial charge in [-0.25, -0.2) is 4.79 Å². The fourth-order valence-electron chi connectivity index (χ4n) is 3.13. The number of esters is 1. The van der Waals surface area contributed by atoms with Crippen molar-refractivity contribution in [3.8, 4) is 0 Å². The Morgan fingerprint density at radius 3 is 1.79 bits per heavy atom. The van der Waals surface area contributed by atoms with Gasteiger partial charge in [0.25, 0.3) is 0 Å². The van der Waals surface area contributed by atoms with Crippen molar-refractivity contribution in [3.05, 3.63) is 11.1 Å². The molecule has 4 nitrogen and oxygen atoms in total. The minimum atomic E-state index is -0.279. The second-order valence-electron chi connectivity index (χ2n) is 8.11. The molecule has 5 heteroatoms. The van der Waals surface area contributed by atoms with E-state index in [2.05, 4.69) is 34.6 Å². The van der Waals surface area contributed by atoms with Crippen molar-refractivity contribution in [2.75, 3.05) is 7.11 Å². The number of rotatable bonds is 10. The van der Waals surface area contributed by atoms with Crippen LogP contribution in [0.15, 0.2) is 11.1 Å². The van der Waals surface area contributed by atoms with Gasteiger partial charge >= 0.3 is 13.1 Å². The van der Waals surface area contributed by atoms with Gasteiger partial charge in [-0.3, -0.25) is 0 Å². The third-order valence-corrected chi connectivity index (χ3v) is 5.57. The first-order chi connectivity index (χ1) is 13.6.